The minimum Gasteiger partial charge on any atom is -0.477 e. The van der Waals surface area contributed by atoms with Crippen LogP contribution in [0.2, 0.25) is 0 Å². The predicted octanol–water partition coefficient (Wildman–Crippen LogP) is 0.737. The van der Waals surface area contributed by atoms with Crippen LogP contribution in [0.15, 0.2) is 29.1 Å². The van der Waals surface area contributed by atoms with Crippen molar-refractivity contribution in [2.45, 2.75) is 11.4 Å². The van der Waals surface area contributed by atoms with Crippen LogP contribution >= 0.6 is 23.1 Å². The molecule has 0 unspecified atom stereocenters. The number of amides is 1. The standard InChI is InChI=1S/C12H11N3O3S2/c13-8-10(16)15-9(12(17)18)6(4-19-11(8)15)1-2-7-3-14-5-20-7/h1-3,5,8,11H,4,13H2,(H,17,18)/t8-,11+/m1/s1. The largest absolute Gasteiger partial charge is 0.477 e. The molecule has 1 aromatic heterocycles. The second kappa shape index (κ2) is 5.04. The molecule has 1 saturated heterocycles. The maximum absolute atomic E-state index is 11.7. The van der Waals surface area contributed by atoms with Gasteiger partial charge in [0.05, 0.1) is 5.51 Å². The van der Waals surface area contributed by atoms with E-state index >= 15 is 0 Å². The summed E-state index contributed by atoms with van der Waals surface area (Å²) in [4.78, 5) is 29.3. The Morgan fingerprint density at radius 1 is 1.55 bits per heavy atom. The lowest BCUT2D eigenvalue weighted by Gasteiger charge is -2.47. The molecule has 1 aromatic rings. The average Bonchev–Trinajstić information content (AvgIpc) is 2.96. The number of thiazole rings is 1. The second-order valence-corrected chi connectivity index (χ2v) is 6.37. The Bertz CT molecular complexity index is 624. The smallest absolute Gasteiger partial charge is 0.352 e. The molecule has 0 bridgehead atoms. The van der Waals surface area contributed by atoms with Crippen molar-refractivity contribution in [3.8, 4) is 0 Å². The van der Waals surface area contributed by atoms with Crippen LogP contribution in [0.3, 0.4) is 0 Å². The number of β-lactam (4-membered cyclic amide) rings is 1. The number of carbonyl (C=O) groups is 2. The maximum Gasteiger partial charge on any atom is 0.352 e. The third kappa shape index (κ3) is 2.05. The first-order chi connectivity index (χ1) is 9.59. The molecule has 1 fully saturated rings. The van der Waals surface area contributed by atoms with Crippen LogP contribution in [0, 0.1) is 0 Å². The summed E-state index contributed by atoms with van der Waals surface area (Å²) in [7, 11) is 0. The van der Waals surface area contributed by atoms with Crippen LogP contribution in [-0.2, 0) is 9.59 Å². The third-order valence-corrected chi connectivity index (χ3v) is 5.21. The Hall–Kier alpha value is -1.64. The number of thioether (sulfide) groups is 1. The molecule has 3 rings (SSSR count). The molecule has 2 aliphatic rings. The van der Waals surface area contributed by atoms with Gasteiger partial charge in [-0.05, 0) is 11.6 Å². The molecule has 2 aliphatic heterocycles. The highest BCUT2D eigenvalue weighted by Crippen LogP contribution is 2.39. The Morgan fingerprint density at radius 2 is 2.35 bits per heavy atom. The molecule has 2 atom stereocenters. The van der Waals surface area contributed by atoms with E-state index in [9.17, 15) is 14.7 Å². The van der Waals surface area contributed by atoms with E-state index in [2.05, 4.69) is 4.98 Å². The van der Waals surface area contributed by atoms with Crippen molar-refractivity contribution >= 4 is 41.1 Å². The summed E-state index contributed by atoms with van der Waals surface area (Å²) in [6.07, 6.45) is 5.24. The lowest BCUT2D eigenvalue weighted by molar-refractivity contribution is -0.147. The number of carboxylic acid groups (broad SMARTS) is 1. The zero-order valence-corrected chi connectivity index (χ0v) is 11.9. The molecule has 0 aromatic carbocycles. The van der Waals surface area contributed by atoms with Gasteiger partial charge in [-0.2, -0.15) is 0 Å². The highest BCUT2D eigenvalue weighted by molar-refractivity contribution is 8.00. The van der Waals surface area contributed by atoms with Crippen molar-refractivity contribution < 1.29 is 14.7 Å². The fourth-order valence-electron chi connectivity index (χ4n) is 2.16. The fraction of sp³-hybridized carbons (Fsp3) is 0.250. The van der Waals surface area contributed by atoms with Gasteiger partial charge in [-0.25, -0.2) is 4.79 Å². The molecule has 0 spiro atoms. The van der Waals surface area contributed by atoms with Gasteiger partial charge in [0.15, 0.2) is 0 Å². The first-order valence-electron chi connectivity index (χ1n) is 5.83. The molecule has 0 saturated carbocycles. The number of fused-ring (bicyclic) bond motifs is 1. The number of hydrogen-bond acceptors (Lipinski definition) is 6. The summed E-state index contributed by atoms with van der Waals surface area (Å²) < 4.78 is 0. The number of rotatable bonds is 3. The van der Waals surface area contributed by atoms with Gasteiger partial charge in [-0.15, -0.1) is 23.1 Å². The van der Waals surface area contributed by atoms with Gasteiger partial charge >= 0.3 is 5.97 Å². The number of allylic oxidation sites excluding steroid dienone is 1. The van der Waals surface area contributed by atoms with Gasteiger partial charge in [0, 0.05) is 16.8 Å². The van der Waals surface area contributed by atoms with Gasteiger partial charge in [-0.3, -0.25) is 14.7 Å². The quantitative estimate of drug-likeness (QED) is 0.799. The molecule has 0 radical (unpaired) electrons. The van der Waals surface area contributed by atoms with E-state index in [1.165, 1.54) is 28.0 Å². The van der Waals surface area contributed by atoms with Crippen molar-refractivity contribution in [1.82, 2.24) is 9.88 Å². The van der Waals surface area contributed by atoms with Gasteiger partial charge in [-0.1, -0.05) is 6.08 Å². The second-order valence-electron chi connectivity index (χ2n) is 4.35. The SMILES string of the molecule is N[C@@H]1C(=O)N2C(C(=O)O)=C(C=Cc3cncs3)CS[C@@H]12. The first kappa shape index (κ1) is 13.3. The van der Waals surface area contributed by atoms with Gasteiger partial charge < -0.3 is 10.8 Å². The molecule has 104 valence electrons. The lowest BCUT2D eigenvalue weighted by atomic mass is 10.0. The van der Waals surface area contributed by atoms with Crippen molar-refractivity contribution in [3.05, 3.63) is 33.9 Å². The molecule has 1 amide bonds. The average molecular weight is 309 g/mol. The first-order valence-corrected chi connectivity index (χ1v) is 7.75. The Kier molecular flexibility index (Phi) is 3.36. The van der Waals surface area contributed by atoms with E-state index in [1.807, 2.05) is 0 Å². The van der Waals surface area contributed by atoms with Crippen molar-refractivity contribution in [2.24, 2.45) is 5.73 Å². The van der Waals surface area contributed by atoms with E-state index in [0.717, 1.165) is 4.88 Å². The number of nitrogens with two attached hydrogens (primary N) is 1. The highest BCUT2D eigenvalue weighted by Gasteiger charge is 2.51. The van der Waals surface area contributed by atoms with Gasteiger partial charge in [0.1, 0.15) is 17.1 Å². The summed E-state index contributed by atoms with van der Waals surface area (Å²) in [5.74, 6) is -0.901. The molecule has 3 N–H and O–H groups in total. The van der Waals surface area contributed by atoms with E-state index in [4.69, 9.17) is 5.73 Å². The van der Waals surface area contributed by atoms with E-state index in [0.29, 0.717) is 11.3 Å². The van der Waals surface area contributed by atoms with Crippen LogP contribution < -0.4 is 5.73 Å². The molecule has 6 nitrogen and oxygen atoms in total. The Balaban J connectivity index is 1.94. The van der Waals surface area contributed by atoms with Crippen molar-refractivity contribution in [3.63, 3.8) is 0 Å². The predicted molar refractivity (Wildman–Crippen MR) is 76.9 cm³/mol. The van der Waals surface area contributed by atoms with E-state index in [1.54, 1.807) is 23.9 Å². The van der Waals surface area contributed by atoms with Crippen LogP contribution in [0.1, 0.15) is 4.88 Å². The highest BCUT2D eigenvalue weighted by atomic mass is 32.2. The van der Waals surface area contributed by atoms with E-state index < -0.39 is 12.0 Å². The fourth-order valence-corrected chi connectivity index (χ4v) is 3.94. The van der Waals surface area contributed by atoms with E-state index in [-0.39, 0.29) is 17.0 Å². The molecule has 20 heavy (non-hydrogen) atoms. The number of carboxylic acids is 1. The van der Waals surface area contributed by atoms with Crippen molar-refractivity contribution in [2.75, 3.05) is 5.75 Å². The number of carbonyl (C=O) groups excluding carboxylic acids is 1. The summed E-state index contributed by atoms with van der Waals surface area (Å²) in [5.41, 5.74) is 8.05. The van der Waals surface area contributed by atoms with Crippen LogP contribution in [0.5, 0.6) is 0 Å². The zero-order valence-electron chi connectivity index (χ0n) is 10.2. The van der Waals surface area contributed by atoms with Crippen LogP contribution in [0.4, 0.5) is 0 Å². The molecular weight excluding hydrogens is 298 g/mol. The maximum atomic E-state index is 11.7. The monoisotopic (exact) mass is 309 g/mol. The zero-order chi connectivity index (χ0) is 14.3. The molecule has 3 heterocycles. The number of hydrogen-bond donors (Lipinski definition) is 2. The summed E-state index contributed by atoms with van der Waals surface area (Å²) in [6.45, 7) is 0. The summed E-state index contributed by atoms with van der Waals surface area (Å²) in [6, 6.07) is -0.596. The Morgan fingerprint density at radius 3 is 3.00 bits per heavy atom. The molecule has 8 heteroatoms. The normalized spacial score (nSPS) is 25.9. The topological polar surface area (TPSA) is 96.5 Å². The Labute approximate surface area is 123 Å². The third-order valence-electron chi connectivity index (χ3n) is 3.14. The van der Waals surface area contributed by atoms with Crippen LogP contribution in [-0.4, -0.2) is 44.0 Å². The minimum atomic E-state index is -1.10. The van der Waals surface area contributed by atoms with Gasteiger partial charge in [0.2, 0.25) is 5.91 Å². The number of aromatic nitrogens is 1. The molecular formula is C12H11N3O3S2. The summed E-state index contributed by atoms with van der Waals surface area (Å²) in [5, 5.41) is 9.09. The van der Waals surface area contributed by atoms with Crippen LogP contribution in [0.25, 0.3) is 6.08 Å². The number of nitrogens with zero attached hydrogens (tertiary/aromatic N) is 2. The van der Waals surface area contributed by atoms with Gasteiger partial charge in [0.25, 0.3) is 0 Å². The van der Waals surface area contributed by atoms with Crippen molar-refractivity contribution in [1.29, 1.82) is 0 Å². The lowest BCUT2D eigenvalue weighted by Crippen LogP contribution is -2.68. The molecule has 0 aliphatic carbocycles. The summed E-state index contributed by atoms with van der Waals surface area (Å²) >= 11 is 2.95. The number of aliphatic carboxylic acids is 1. The minimum absolute atomic E-state index is 0.0428.